The number of amides is 1. The second-order valence-electron chi connectivity index (χ2n) is 8.13. The first-order valence-electron chi connectivity index (χ1n) is 11.2. The Morgan fingerprint density at radius 2 is 2.12 bits per heavy atom. The van der Waals surface area contributed by atoms with Crippen LogP contribution in [0.1, 0.15) is 12.0 Å². The monoisotopic (exact) mass is 455 g/mol. The van der Waals surface area contributed by atoms with E-state index in [0.717, 1.165) is 47.4 Å². The first-order chi connectivity index (χ1) is 16.7. The van der Waals surface area contributed by atoms with Gasteiger partial charge in [-0.25, -0.2) is 15.0 Å². The van der Waals surface area contributed by atoms with Crippen LogP contribution in [-0.4, -0.2) is 52.1 Å². The molecular formula is C25H25N7O2. The van der Waals surface area contributed by atoms with Crippen LogP contribution in [0.25, 0.3) is 22.3 Å². The summed E-state index contributed by atoms with van der Waals surface area (Å²) in [6.07, 6.45) is 6.36. The van der Waals surface area contributed by atoms with E-state index in [9.17, 15) is 4.79 Å². The van der Waals surface area contributed by atoms with Gasteiger partial charge in [-0.05, 0) is 48.9 Å². The summed E-state index contributed by atoms with van der Waals surface area (Å²) < 4.78 is 5.23. The number of aromatic nitrogens is 4. The zero-order valence-electron chi connectivity index (χ0n) is 18.8. The van der Waals surface area contributed by atoms with Gasteiger partial charge in [0.25, 0.3) is 0 Å². The summed E-state index contributed by atoms with van der Waals surface area (Å²) in [6.45, 7) is 1.88. The van der Waals surface area contributed by atoms with Gasteiger partial charge < -0.3 is 20.7 Å². The Morgan fingerprint density at radius 3 is 2.97 bits per heavy atom. The van der Waals surface area contributed by atoms with Crippen molar-refractivity contribution in [3.63, 3.8) is 0 Å². The van der Waals surface area contributed by atoms with Crippen LogP contribution in [0.2, 0.25) is 0 Å². The molecule has 172 valence electrons. The van der Waals surface area contributed by atoms with Crippen molar-refractivity contribution in [2.24, 2.45) is 0 Å². The number of fused-ring (bicyclic) bond motifs is 1. The summed E-state index contributed by atoms with van der Waals surface area (Å²) >= 11 is 0. The molecule has 5 rings (SSSR count). The van der Waals surface area contributed by atoms with Crippen LogP contribution in [0.3, 0.4) is 0 Å². The van der Waals surface area contributed by atoms with E-state index in [1.807, 2.05) is 36.4 Å². The number of carbonyl (C=O) groups excluding carboxylic acids is 1. The number of carbonyl (C=O) groups is 1. The van der Waals surface area contributed by atoms with Crippen molar-refractivity contribution in [1.82, 2.24) is 25.3 Å². The molecule has 1 saturated heterocycles. The molecule has 1 atom stereocenters. The van der Waals surface area contributed by atoms with Crippen LogP contribution in [0.15, 0.2) is 61.1 Å². The lowest BCUT2D eigenvalue weighted by atomic mass is 10.1. The second-order valence-corrected chi connectivity index (χ2v) is 8.13. The highest BCUT2D eigenvalue weighted by molar-refractivity contribution is 5.92. The number of anilines is 2. The molecule has 0 saturated carbocycles. The zero-order chi connectivity index (χ0) is 23.3. The van der Waals surface area contributed by atoms with E-state index >= 15 is 0 Å². The summed E-state index contributed by atoms with van der Waals surface area (Å²) in [5.41, 5.74) is 2.36. The SMILES string of the molecule is COc1cccc(CC(=O)Nc2cc(-c3nc(NC4CCNC4)c4ccncc4n3)ccn2)c1. The normalized spacial score (nSPS) is 15.3. The number of methoxy groups -OCH3 is 1. The lowest BCUT2D eigenvalue weighted by molar-refractivity contribution is -0.115. The Hall–Kier alpha value is -4.11. The molecule has 0 radical (unpaired) electrons. The third-order valence-corrected chi connectivity index (χ3v) is 5.68. The maximum atomic E-state index is 12.6. The minimum absolute atomic E-state index is 0.169. The van der Waals surface area contributed by atoms with Gasteiger partial charge in [0, 0.05) is 35.9 Å². The van der Waals surface area contributed by atoms with Crippen LogP contribution < -0.4 is 20.7 Å². The summed E-state index contributed by atoms with van der Waals surface area (Å²) in [7, 11) is 1.60. The molecule has 1 aliphatic heterocycles. The van der Waals surface area contributed by atoms with Gasteiger partial charge in [0.1, 0.15) is 17.4 Å². The largest absolute Gasteiger partial charge is 0.497 e. The molecule has 3 aromatic heterocycles. The highest BCUT2D eigenvalue weighted by atomic mass is 16.5. The summed E-state index contributed by atoms with van der Waals surface area (Å²) in [5.74, 6) is 2.30. The van der Waals surface area contributed by atoms with E-state index < -0.39 is 0 Å². The highest BCUT2D eigenvalue weighted by Gasteiger charge is 2.18. The molecule has 1 amide bonds. The smallest absolute Gasteiger partial charge is 0.229 e. The van der Waals surface area contributed by atoms with Crippen LogP contribution in [0, 0.1) is 0 Å². The minimum atomic E-state index is -0.169. The Kier molecular flexibility index (Phi) is 6.26. The molecular weight excluding hydrogens is 430 g/mol. The molecule has 1 fully saturated rings. The zero-order valence-corrected chi connectivity index (χ0v) is 18.8. The van der Waals surface area contributed by atoms with Crippen molar-refractivity contribution in [2.45, 2.75) is 18.9 Å². The average molecular weight is 456 g/mol. The second kappa shape index (κ2) is 9.80. The number of benzene rings is 1. The fourth-order valence-electron chi connectivity index (χ4n) is 3.98. The molecule has 3 N–H and O–H groups in total. The molecule has 1 aromatic carbocycles. The number of pyridine rings is 2. The van der Waals surface area contributed by atoms with E-state index in [0.29, 0.717) is 23.4 Å². The summed E-state index contributed by atoms with van der Waals surface area (Å²) in [4.78, 5) is 30.6. The number of ether oxygens (including phenoxy) is 1. The molecule has 0 aliphatic carbocycles. The molecule has 4 aromatic rings. The van der Waals surface area contributed by atoms with Crippen molar-refractivity contribution in [3.8, 4) is 17.1 Å². The molecule has 1 unspecified atom stereocenters. The van der Waals surface area contributed by atoms with Crippen molar-refractivity contribution in [1.29, 1.82) is 0 Å². The van der Waals surface area contributed by atoms with Gasteiger partial charge in [-0.3, -0.25) is 9.78 Å². The van der Waals surface area contributed by atoms with E-state index in [1.165, 1.54) is 0 Å². The van der Waals surface area contributed by atoms with E-state index in [1.54, 1.807) is 31.8 Å². The van der Waals surface area contributed by atoms with E-state index in [-0.39, 0.29) is 12.3 Å². The number of hydrogen-bond acceptors (Lipinski definition) is 8. The molecule has 9 nitrogen and oxygen atoms in total. The lowest BCUT2D eigenvalue weighted by Crippen LogP contribution is -2.23. The summed E-state index contributed by atoms with van der Waals surface area (Å²) in [6, 6.07) is 13.3. The predicted octanol–water partition coefficient (Wildman–Crippen LogP) is 3.05. The number of hydrogen-bond donors (Lipinski definition) is 3. The molecule has 0 spiro atoms. The van der Waals surface area contributed by atoms with Crippen LogP contribution in [0.4, 0.5) is 11.6 Å². The highest BCUT2D eigenvalue weighted by Crippen LogP contribution is 2.26. The maximum Gasteiger partial charge on any atom is 0.229 e. The van der Waals surface area contributed by atoms with Crippen LogP contribution in [0.5, 0.6) is 5.75 Å². The van der Waals surface area contributed by atoms with Gasteiger partial charge in [0.05, 0.1) is 25.2 Å². The van der Waals surface area contributed by atoms with Gasteiger partial charge in [-0.15, -0.1) is 0 Å². The molecule has 1 aliphatic rings. The van der Waals surface area contributed by atoms with Crippen molar-refractivity contribution in [3.05, 3.63) is 66.6 Å². The van der Waals surface area contributed by atoms with E-state index in [4.69, 9.17) is 14.7 Å². The molecule has 0 bridgehead atoms. The van der Waals surface area contributed by atoms with E-state index in [2.05, 4.69) is 25.9 Å². The lowest BCUT2D eigenvalue weighted by Gasteiger charge is -2.15. The van der Waals surface area contributed by atoms with Gasteiger partial charge in [-0.1, -0.05) is 12.1 Å². The first-order valence-corrected chi connectivity index (χ1v) is 11.2. The summed E-state index contributed by atoms with van der Waals surface area (Å²) in [5, 5.41) is 10.7. The number of nitrogens with one attached hydrogen (secondary N) is 3. The number of rotatable bonds is 7. The maximum absolute atomic E-state index is 12.6. The van der Waals surface area contributed by atoms with Crippen molar-refractivity contribution >= 4 is 28.4 Å². The Labute approximate surface area is 197 Å². The Bertz CT molecular complexity index is 1320. The van der Waals surface area contributed by atoms with Gasteiger partial charge >= 0.3 is 0 Å². The van der Waals surface area contributed by atoms with Gasteiger partial charge in [-0.2, -0.15) is 0 Å². The average Bonchev–Trinajstić information content (AvgIpc) is 3.37. The van der Waals surface area contributed by atoms with Crippen molar-refractivity contribution in [2.75, 3.05) is 30.8 Å². The Morgan fingerprint density at radius 1 is 1.18 bits per heavy atom. The first kappa shape index (κ1) is 21.7. The quantitative estimate of drug-likeness (QED) is 0.390. The fraction of sp³-hybridized carbons (Fsp3) is 0.240. The topological polar surface area (TPSA) is 114 Å². The van der Waals surface area contributed by atoms with Crippen molar-refractivity contribution < 1.29 is 9.53 Å². The van der Waals surface area contributed by atoms with Gasteiger partial charge in [0.2, 0.25) is 5.91 Å². The molecule has 9 heteroatoms. The Balaban J connectivity index is 1.39. The fourth-order valence-corrected chi connectivity index (χ4v) is 3.98. The van der Waals surface area contributed by atoms with Crippen LogP contribution in [-0.2, 0) is 11.2 Å². The minimum Gasteiger partial charge on any atom is -0.497 e. The molecule has 4 heterocycles. The number of nitrogens with zero attached hydrogens (tertiary/aromatic N) is 4. The standard InChI is InChI=1S/C25H25N7O2/c1-34-19-4-2-3-16(11-19)12-23(33)31-22-13-17(5-10-28-22)24-30-21-15-27-9-7-20(21)25(32-24)29-18-6-8-26-14-18/h2-5,7,9-11,13,15,18,26H,6,8,12,14H2,1H3,(H,28,31,33)(H,29,30,32). The predicted molar refractivity (Wildman–Crippen MR) is 131 cm³/mol. The van der Waals surface area contributed by atoms with Crippen LogP contribution >= 0.6 is 0 Å². The van der Waals surface area contributed by atoms with Gasteiger partial charge in [0.15, 0.2) is 5.82 Å². The third-order valence-electron chi connectivity index (χ3n) is 5.68. The third kappa shape index (κ3) is 4.94. The molecule has 34 heavy (non-hydrogen) atoms.